The summed E-state index contributed by atoms with van der Waals surface area (Å²) in [4.78, 5) is 0. The molecule has 1 aliphatic heterocycles. The Balaban J connectivity index is 1.68. The molecule has 0 radical (unpaired) electrons. The lowest BCUT2D eigenvalue weighted by molar-refractivity contribution is 0.335. The number of hydrogen-bond acceptors (Lipinski definition) is 4. The highest BCUT2D eigenvalue weighted by Gasteiger charge is 2.36. The Morgan fingerprint density at radius 1 is 1.43 bits per heavy atom. The number of nitrogens with one attached hydrogen (secondary N) is 1. The van der Waals surface area contributed by atoms with Crippen LogP contribution in [0, 0.1) is 0 Å². The molecule has 1 fully saturated rings. The summed E-state index contributed by atoms with van der Waals surface area (Å²) in [5.74, 6) is 0.692. The van der Waals surface area contributed by atoms with Crippen LogP contribution >= 0.6 is 0 Å². The fourth-order valence-corrected chi connectivity index (χ4v) is 4.21. The Morgan fingerprint density at radius 2 is 2.26 bits per heavy atom. The second-order valence-electron chi connectivity index (χ2n) is 5.99. The Bertz CT molecular complexity index is 737. The Labute approximate surface area is 136 Å². The van der Waals surface area contributed by atoms with Gasteiger partial charge in [0.05, 0.1) is 24.5 Å². The Morgan fingerprint density at radius 3 is 2.91 bits per heavy atom. The van der Waals surface area contributed by atoms with Crippen molar-refractivity contribution in [3.8, 4) is 0 Å². The van der Waals surface area contributed by atoms with Crippen molar-refractivity contribution >= 4 is 10.2 Å². The van der Waals surface area contributed by atoms with Gasteiger partial charge in [-0.15, -0.1) is 0 Å². The van der Waals surface area contributed by atoms with Gasteiger partial charge < -0.3 is 4.42 Å². The van der Waals surface area contributed by atoms with Crippen molar-refractivity contribution in [2.75, 3.05) is 6.54 Å². The van der Waals surface area contributed by atoms with E-state index in [4.69, 9.17) is 4.42 Å². The lowest BCUT2D eigenvalue weighted by atomic mass is 10.2. The van der Waals surface area contributed by atoms with Gasteiger partial charge in [-0.1, -0.05) is 0 Å². The molecular weight excluding hydrogens is 316 g/mol. The van der Waals surface area contributed by atoms with E-state index >= 15 is 0 Å². The van der Waals surface area contributed by atoms with E-state index in [0.29, 0.717) is 18.0 Å². The smallest absolute Gasteiger partial charge is 0.280 e. The lowest BCUT2D eigenvalue weighted by Crippen LogP contribution is -2.40. The van der Waals surface area contributed by atoms with Crippen LogP contribution < -0.4 is 4.72 Å². The molecule has 2 aromatic rings. The molecule has 0 aromatic carbocycles. The Hall–Kier alpha value is -1.64. The maximum atomic E-state index is 12.6. The van der Waals surface area contributed by atoms with Crippen molar-refractivity contribution in [3.05, 3.63) is 42.1 Å². The SMILES string of the molecule is CC(C)n1ccc(CNS(=O)(=O)N2CCC[C@H]2c2ccco2)n1. The van der Waals surface area contributed by atoms with Crippen LogP contribution in [0.4, 0.5) is 0 Å². The quantitative estimate of drug-likeness (QED) is 0.876. The van der Waals surface area contributed by atoms with Crippen LogP contribution in [0.15, 0.2) is 35.1 Å². The molecule has 8 heteroatoms. The molecule has 23 heavy (non-hydrogen) atoms. The minimum Gasteiger partial charge on any atom is -0.468 e. The van der Waals surface area contributed by atoms with E-state index in [9.17, 15) is 8.42 Å². The van der Waals surface area contributed by atoms with E-state index in [-0.39, 0.29) is 18.6 Å². The van der Waals surface area contributed by atoms with Crippen LogP contribution in [0.25, 0.3) is 0 Å². The van der Waals surface area contributed by atoms with Crippen molar-refractivity contribution in [3.63, 3.8) is 0 Å². The first-order chi connectivity index (χ1) is 11.0. The van der Waals surface area contributed by atoms with Crippen molar-refractivity contribution in [1.29, 1.82) is 0 Å². The third-order valence-electron chi connectivity index (χ3n) is 4.01. The van der Waals surface area contributed by atoms with Crippen LogP contribution in [0.3, 0.4) is 0 Å². The maximum absolute atomic E-state index is 12.6. The van der Waals surface area contributed by atoms with Gasteiger partial charge in [-0.2, -0.15) is 22.5 Å². The number of furan rings is 1. The van der Waals surface area contributed by atoms with Crippen LogP contribution in [-0.4, -0.2) is 29.0 Å². The van der Waals surface area contributed by atoms with Gasteiger partial charge in [0.15, 0.2) is 0 Å². The number of hydrogen-bond donors (Lipinski definition) is 1. The summed E-state index contributed by atoms with van der Waals surface area (Å²) in [5.41, 5.74) is 0.705. The normalized spacial score (nSPS) is 19.7. The predicted octanol–water partition coefficient (Wildman–Crippen LogP) is 2.23. The molecule has 1 saturated heterocycles. The first kappa shape index (κ1) is 16.2. The molecule has 7 nitrogen and oxygen atoms in total. The highest BCUT2D eigenvalue weighted by Crippen LogP contribution is 2.33. The number of aromatic nitrogens is 2. The first-order valence-electron chi connectivity index (χ1n) is 7.81. The van der Waals surface area contributed by atoms with Crippen LogP contribution in [0.1, 0.15) is 50.2 Å². The highest BCUT2D eigenvalue weighted by atomic mass is 32.2. The monoisotopic (exact) mass is 338 g/mol. The molecule has 0 saturated carbocycles. The lowest BCUT2D eigenvalue weighted by Gasteiger charge is -2.22. The largest absolute Gasteiger partial charge is 0.468 e. The number of nitrogens with zero attached hydrogens (tertiary/aromatic N) is 3. The fourth-order valence-electron chi connectivity index (χ4n) is 2.80. The van der Waals surface area contributed by atoms with E-state index in [1.807, 2.05) is 36.9 Å². The second kappa shape index (κ2) is 6.46. The summed E-state index contributed by atoms with van der Waals surface area (Å²) in [5, 5.41) is 4.36. The molecule has 1 N–H and O–H groups in total. The minimum atomic E-state index is -3.57. The van der Waals surface area contributed by atoms with Gasteiger partial charge in [-0.3, -0.25) is 4.68 Å². The summed E-state index contributed by atoms with van der Waals surface area (Å²) >= 11 is 0. The van der Waals surface area contributed by atoms with Crippen molar-refractivity contribution in [1.82, 2.24) is 18.8 Å². The second-order valence-corrected chi connectivity index (χ2v) is 7.70. The molecule has 126 valence electrons. The van der Waals surface area contributed by atoms with Gasteiger partial charge >= 0.3 is 0 Å². The zero-order chi connectivity index (χ0) is 16.4. The highest BCUT2D eigenvalue weighted by molar-refractivity contribution is 7.87. The Kier molecular flexibility index (Phi) is 4.56. The molecule has 3 rings (SSSR count). The van der Waals surface area contributed by atoms with E-state index in [2.05, 4.69) is 9.82 Å². The van der Waals surface area contributed by atoms with E-state index in [1.54, 1.807) is 12.3 Å². The van der Waals surface area contributed by atoms with Crippen LogP contribution in [0.2, 0.25) is 0 Å². The molecule has 0 bridgehead atoms. The van der Waals surface area contributed by atoms with Gasteiger partial charge in [0.2, 0.25) is 0 Å². The standard InChI is InChI=1S/C15H22N4O3S/c1-12(2)18-9-7-13(17-18)11-16-23(20,21)19-8-3-5-14(19)15-6-4-10-22-15/h4,6-7,9-10,12,14,16H,3,5,8,11H2,1-2H3/t14-/m0/s1. The average molecular weight is 338 g/mol. The van der Waals surface area contributed by atoms with Gasteiger partial charge in [0, 0.05) is 18.8 Å². The van der Waals surface area contributed by atoms with Gasteiger partial charge in [-0.05, 0) is 44.9 Å². The fraction of sp³-hybridized carbons (Fsp3) is 0.533. The molecule has 0 aliphatic carbocycles. The summed E-state index contributed by atoms with van der Waals surface area (Å²) in [6.45, 7) is 4.74. The molecule has 1 atom stereocenters. The van der Waals surface area contributed by atoms with E-state index < -0.39 is 10.2 Å². The molecule has 0 spiro atoms. The van der Waals surface area contributed by atoms with Crippen molar-refractivity contribution in [2.45, 2.75) is 45.3 Å². The summed E-state index contributed by atoms with van der Waals surface area (Å²) < 4.78 is 36.5. The predicted molar refractivity (Wildman–Crippen MR) is 85.8 cm³/mol. The summed E-state index contributed by atoms with van der Waals surface area (Å²) in [6.07, 6.45) is 5.03. The van der Waals surface area contributed by atoms with E-state index in [1.165, 1.54) is 4.31 Å². The molecular formula is C15H22N4O3S. The third kappa shape index (κ3) is 3.49. The molecule has 2 aromatic heterocycles. The zero-order valence-electron chi connectivity index (χ0n) is 13.3. The third-order valence-corrected chi connectivity index (χ3v) is 5.58. The minimum absolute atomic E-state index is 0.184. The average Bonchev–Trinajstić information content (AvgIpc) is 3.23. The molecule has 3 heterocycles. The molecule has 0 amide bonds. The zero-order valence-corrected chi connectivity index (χ0v) is 14.2. The molecule has 0 unspecified atom stereocenters. The maximum Gasteiger partial charge on any atom is 0.280 e. The summed E-state index contributed by atoms with van der Waals surface area (Å²) in [7, 11) is -3.57. The van der Waals surface area contributed by atoms with Crippen molar-refractivity contribution in [2.24, 2.45) is 0 Å². The van der Waals surface area contributed by atoms with E-state index in [0.717, 1.165) is 12.8 Å². The van der Waals surface area contributed by atoms with Crippen LogP contribution in [-0.2, 0) is 16.8 Å². The van der Waals surface area contributed by atoms with Gasteiger partial charge in [0.25, 0.3) is 10.2 Å². The molecule has 1 aliphatic rings. The van der Waals surface area contributed by atoms with Gasteiger partial charge in [0.1, 0.15) is 5.76 Å². The number of rotatable bonds is 6. The van der Waals surface area contributed by atoms with Crippen LogP contribution in [0.5, 0.6) is 0 Å². The van der Waals surface area contributed by atoms with Crippen molar-refractivity contribution < 1.29 is 12.8 Å². The van der Waals surface area contributed by atoms with Gasteiger partial charge in [-0.25, -0.2) is 0 Å². The summed E-state index contributed by atoms with van der Waals surface area (Å²) in [6, 6.07) is 5.46. The topological polar surface area (TPSA) is 80.4 Å². The first-order valence-corrected chi connectivity index (χ1v) is 9.25.